The molecule has 0 radical (unpaired) electrons. The molecule has 1 N–H and O–H groups in total. The lowest BCUT2D eigenvalue weighted by Crippen LogP contribution is -2.39. The van der Waals surface area contributed by atoms with Crippen LogP contribution in [-0.4, -0.2) is 37.1 Å². The lowest BCUT2D eigenvalue weighted by Gasteiger charge is -2.25. The fraction of sp³-hybridized carbons (Fsp3) is 1.00. The van der Waals surface area contributed by atoms with E-state index in [1.54, 1.807) is 0 Å². The number of likely N-dealkylation sites (N-methyl/N-ethyl adjacent to an activating group) is 1. The van der Waals surface area contributed by atoms with Gasteiger partial charge >= 0.3 is 0 Å². The van der Waals surface area contributed by atoms with Gasteiger partial charge in [0.1, 0.15) is 0 Å². The van der Waals surface area contributed by atoms with Crippen LogP contribution in [0, 0.1) is 5.92 Å². The molecular formula is C11H24N2. The van der Waals surface area contributed by atoms with E-state index < -0.39 is 0 Å². The number of hydrogen-bond donors (Lipinski definition) is 1. The highest BCUT2D eigenvalue weighted by molar-refractivity contribution is 4.77. The molecule has 1 fully saturated rings. The number of nitrogens with zero attached hydrogens (tertiary/aromatic N) is 1. The molecule has 0 spiro atoms. The fourth-order valence-electron chi connectivity index (χ4n) is 2.07. The monoisotopic (exact) mass is 184 g/mol. The zero-order chi connectivity index (χ0) is 9.68. The van der Waals surface area contributed by atoms with E-state index in [-0.39, 0.29) is 0 Å². The van der Waals surface area contributed by atoms with E-state index in [2.05, 4.69) is 31.0 Å². The van der Waals surface area contributed by atoms with Crippen molar-refractivity contribution in [3.05, 3.63) is 0 Å². The summed E-state index contributed by atoms with van der Waals surface area (Å²) in [6.07, 6.45) is 2.73. The second-order valence-corrected chi connectivity index (χ2v) is 4.54. The van der Waals surface area contributed by atoms with E-state index in [4.69, 9.17) is 0 Å². The average Bonchev–Trinajstić information content (AvgIpc) is 2.55. The Balaban J connectivity index is 2.21. The first-order chi connectivity index (χ1) is 6.22. The third kappa shape index (κ3) is 4.10. The molecule has 13 heavy (non-hydrogen) atoms. The average molecular weight is 184 g/mol. The summed E-state index contributed by atoms with van der Waals surface area (Å²) in [7, 11) is 0. The molecule has 2 heteroatoms. The predicted octanol–water partition coefficient (Wildman–Crippen LogP) is 1.72. The van der Waals surface area contributed by atoms with Crippen molar-refractivity contribution in [2.45, 2.75) is 39.7 Å². The minimum atomic E-state index is 0.763. The smallest absolute Gasteiger partial charge is 0.0195 e. The minimum Gasteiger partial charge on any atom is -0.313 e. The van der Waals surface area contributed by atoms with Crippen LogP contribution in [0.15, 0.2) is 0 Å². The molecule has 1 atom stereocenters. The zero-order valence-corrected chi connectivity index (χ0v) is 9.34. The van der Waals surface area contributed by atoms with Crippen LogP contribution in [0.4, 0.5) is 0 Å². The predicted molar refractivity (Wildman–Crippen MR) is 58.0 cm³/mol. The van der Waals surface area contributed by atoms with Crippen LogP contribution < -0.4 is 5.32 Å². The van der Waals surface area contributed by atoms with Gasteiger partial charge in [-0.1, -0.05) is 20.8 Å². The second-order valence-electron chi connectivity index (χ2n) is 4.54. The molecule has 2 nitrogen and oxygen atoms in total. The topological polar surface area (TPSA) is 15.3 Å². The standard InChI is InChI=1S/C11H24N2/c1-4-13(8-10(2)3)9-11-6-5-7-12-11/h10-12H,4-9H2,1-3H3. The lowest BCUT2D eigenvalue weighted by molar-refractivity contribution is 0.235. The SMILES string of the molecule is CCN(CC(C)C)CC1CCCN1. The molecule has 1 heterocycles. The zero-order valence-electron chi connectivity index (χ0n) is 9.34. The number of hydrogen-bond acceptors (Lipinski definition) is 2. The summed E-state index contributed by atoms with van der Waals surface area (Å²) >= 11 is 0. The van der Waals surface area contributed by atoms with Crippen LogP contribution in [-0.2, 0) is 0 Å². The van der Waals surface area contributed by atoms with Crippen molar-refractivity contribution < 1.29 is 0 Å². The van der Waals surface area contributed by atoms with Crippen LogP contribution in [0.25, 0.3) is 0 Å². The van der Waals surface area contributed by atoms with Crippen molar-refractivity contribution in [2.75, 3.05) is 26.2 Å². The van der Waals surface area contributed by atoms with Gasteiger partial charge in [-0.05, 0) is 31.8 Å². The summed E-state index contributed by atoms with van der Waals surface area (Å²) < 4.78 is 0. The number of rotatable bonds is 5. The van der Waals surface area contributed by atoms with Gasteiger partial charge in [0, 0.05) is 19.1 Å². The maximum absolute atomic E-state index is 3.55. The highest BCUT2D eigenvalue weighted by atomic mass is 15.1. The van der Waals surface area contributed by atoms with Crippen molar-refractivity contribution in [1.29, 1.82) is 0 Å². The van der Waals surface area contributed by atoms with E-state index in [1.165, 1.54) is 39.0 Å². The van der Waals surface area contributed by atoms with Gasteiger partial charge in [0.05, 0.1) is 0 Å². The van der Waals surface area contributed by atoms with Crippen LogP contribution in [0.2, 0.25) is 0 Å². The highest BCUT2D eigenvalue weighted by Gasteiger charge is 2.17. The van der Waals surface area contributed by atoms with Gasteiger partial charge < -0.3 is 10.2 Å². The van der Waals surface area contributed by atoms with Gasteiger partial charge in [0.2, 0.25) is 0 Å². The molecule has 1 saturated heterocycles. The van der Waals surface area contributed by atoms with E-state index in [0.717, 1.165) is 12.0 Å². The summed E-state index contributed by atoms with van der Waals surface area (Å²) in [4.78, 5) is 2.56. The van der Waals surface area contributed by atoms with Crippen LogP contribution >= 0.6 is 0 Å². The molecular weight excluding hydrogens is 160 g/mol. The summed E-state index contributed by atoms with van der Waals surface area (Å²) in [6.45, 7) is 11.8. The Bertz CT molecular complexity index is 128. The summed E-state index contributed by atoms with van der Waals surface area (Å²) in [5, 5.41) is 3.55. The summed E-state index contributed by atoms with van der Waals surface area (Å²) in [5.41, 5.74) is 0. The third-order valence-electron chi connectivity index (χ3n) is 2.71. The van der Waals surface area contributed by atoms with Gasteiger partial charge in [-0.25, -0.2) is 0 Å². The Labute approximate surface area is 82.7 Å². The molecule has 0 aromatic heterocycles. The Morgan fingerprint density at radius 3 is 2.69 bits per heavy atom. The molecule has 0 saturated carbocycles. The van der Waals surface area contributed by atoms with E-state index >= 15 is 0 Å². The molecule has 0 aliphatic carbocycles. The van der Waals surface area contributed by atoms with Crippen LogP contribution in [0.3, 0.4) is 0 Å². The van der Waals surface area contributed by atoms with Gasteiger partial charge in [0.15, 0.2) is 0 Å². The fourth-order valence-corrected chi connectivity index (χ4v) is 2.07. The van der Waals surface area contributed by atoms with E-state index in [1.807, 2.05) is 0 Å². The lowest BCUT2D eigenvalue weighted by atomic mass is 10.1. The Morgan fingerprint density at radius 1 is 1.46 bits per heavy atom. The Hall–Kier alpha value is -0.0800. The molecule has 0 aromatic rings. The molecule has 78 valence electrons. The maximum atomic E-state index is 3.55. The molecule has 0 aromatic carbocycles. The van der Waals surface area contributed by atoms with Crippen molar-refractivity contribution in [2.24, 2.45) is 5.92 Å². The molecule has 1 aliphatic rings. The molecule has 0 amide bonds. The summed E-state index contributed by atoms with van der Waals surface area (Å²) in [5.74, 6) is 0.793. The quantitative estimate of drug-likeness (QED) is 0.700. The van der Waals surface area contributed by atoms with Crippen LogP contribution in [0.1, 0.15) is 33.6 Å². The van der Waals surface area contributed by atoms with Gasteiger partial charge in [-0.15, -0.1) is 0 Å². The van der Waals surface area contributed by atoms with Gasteiger partial charge in [-0.3, -0.25) is 0 Å². The molecule has 1 aliphatic heterocycles. The van der Waals surface area contributed by atoms with Crippen LogP contribution in [0.5, 0.6) is 0 Å². The number of nitrogens with one attached hydrogen (secondary N) is 1. The minimum absolute atomic E-state index is 0.763. The van der Waals surface area contributed by atoms with E-state index in [0.29, 0.717) is 0 Å². The van der Waals surface area contributed by atoms with Gasteiger partial charge in [-0.2, -0.15) is 0 Å². The highest BCUT2D eigenvalue weighted by Crippen LogP contribution is 2.08. The van der Waals surface area contributed by atoms with Crippen molar-refractivity contribution in [3.8, 4) is 0 Å². The molecule has 1 unspecified atom stereocenters. The maximum Gasteiger partial charge on any atom is 0.0195 e. The second kappa shape index (κ2) is 5.61. The van der Waals surface area contributed by atoms with Gasteiger partial charge in [0.25, 0.3) is 0 Å². The van der Waals surface area contributed by atoms with Crippen molar-refractivity contribution in [3.63, 3.8) is 0 Å². The third-order valence-corrected chi connectivity index (χ3v) is 2.71. The first kappa shape index (κ1) is 11.0. The first-order valence-electron chi connectivity index (χ1n) is 5.68. The Kier molecular flexibility index (Phi) is 4.74. The first-order valence-corrected chi connectivity index (χ1v) is 5.68. The van der Waals surface area contributed by atoms with E-state index in [9.17, 15) is 0 Å². The molecule has 0 bridgehead atoms. The van der Waals surface area contributed by atoms with Crippen molar-refractivity contribution in [1.82, 2.24) is 10.2 Å². The van der Waals surface area contributed by atoms with Crippen molar-refractivity contribution >= 4 is 0 Å². The largest absolute Gasteiger partial charge is 0.313 e. The summed E-state index contributed by atoms with van der Waals surface area (Å²) in [6, 6.07) is 0.763. The Morgan fingerprint density at radius 2 is 2.23 bits per heavy atom. The normalized spacial score (nSPS) is 23.3. The molecule has 1 rings (SSSR count).